The lowest BCUT2D eigenvalue weighted by Gasteiger charge is -2.41. The third-order valence-electron chi connectivity index (χ3n) is 10.3. The van der Waals surface area contributed by atoms with Crippen molar-refractivity contribution in [1.29, 1.82) is 0 Å². The molecule has 1 rings (SSSR count). The summed E-state index contributed by atoms with van der Waals surface area (Å²) in [6.07, 6.45) is 27.9. The van der Waals surface area contributed by atoms with Crippen LogP contribution in [0.25, 0.3) is 0 Å². The van der Waals surface area contributed by atoms with Gasteiger partial charge in [0.1, 0.15) is 42.7 Å². The van der Waals surface area contributed by atoms with Gasteiger partial charge in [0.15, 0.2) is 0 Å². The third-order valence-corrected chi connectivity index (χ3v) is 11.3. The molecule has 1 saturated carbocycles. The van der Waals surface area contributed by atoms with Crippen LogP contribution in [0.15, 0.2) is 36.5 Å². The summed E-state index contributed by atoms with van der Waals surface area (Å²) >= 11 is 0. The Morgan fingerprint density at radius 1 is 0.579 bits per heavy atom. The number of carbonyl (C=O) groups excluding carboxylic acids is 1. The predicted molar refractivity (Wildman–Crippen MR) is 226 cm³/mol. The van der Waals surface area contributed by atoms with Crippen LogP contribution < -0.4 is 0 Å². The molecule has 1 fully saturated rings. The van der Waals surface area contributed by atoms with Crippen molar-refractivity contribution < 1.29 is 58.3 Å². The minimum Gasteiger partial charge on any atom is -0.457 e. The highest BCUT2D eigenvalue weighted by atomic mass is 31.2. The van der Waals surface area contributed by atoms with E-state index in [0.717, 1.165) is 70.6 Å². The number of carbonyl (C=O) groups is 1. The zero-order chi connectivity index (χ0) is 42.0. The first-order valence-electron chi connectivity index (χ1n) is 22.3. The molecule has 1 aliphatic rings. The fraction of sp³-hybridized carbons (Fsp3) is 0.841. The maximum absolute atomic E-state index is 12.8. The fourth-order valence-electron chi connectivity index (χ4n) is 6.72. The van der Waals surface area contributed by atoms with Crippen molar-refractivity contribution in [1.82, 2.24) is 0 Å². The molecule has 0 radical (unpaired) electrons. The highest BCUT2D eigenvalue weighted by molar-refractivity contribution is 7.47. The van der Waals surface area contributed by atoms with E-state index in [1.54, 1.807) is 0 Å². The van der Waals surface area contributed by atoms with E-state index in [-0.39, 0.29) is 13.0 Å². The van der Waals surface area contributed by atoms with Gasteiger partial charge in [-0.25, -0.2) is 4.57 Å². The number of hydrogen-bond donors (Lipinski definition) is 6. The Balaban J connectivity index is 2.40. The quantitative estimate of drug-likeness (QED) is 0.0151. The van der Waals surface area contributed by atoms with Crippen LogP contribution >= 0.6 is 7.82 Å². The molecule has 6 atom stereocenters. The summed E-state index contributed by atoms with van der Waals surface area (Å²) in [4.78, 5) is 23.1. The summed E-state index contributed by atoms with van der Waals surface area (Å²) in [6, 6.07) is 0. The smallest absolute Gasteiger partial charge is 0.457 e. The number of rotatable bonds is 37. The minimum atomic E-state index is -5.01. The second kappa shape index (κ2) is 35.3. The van der Waals surface area contributed by atoms with Crippen LogP contribution in [0.3, 0.4) is 0 Å². The van der Waals surface area contributed by atoms with Crippen LogP contribution in [0.4, 0.5) is 0 Å². The number of esters is 1. The molecule has 0 amide bonds. The topological polar surface area (TPSA) is 192 Å². The summed E-state index contributed by atoms with van der Waals surface area (Å²) in [5, 5.41) is 50.1. The number of hydrogen-bond acceptors (Lipinski definition) is 11. The molecule has 6 unspecified atom stereocenters. The lowest BCUT2D eigenvalue weighted by atomic mass is 9.85. The van der Waals surface area contributed by atoms with Crippen molar-refractivity contribution in [2.24, 2.45) is 0 Å². The Morgan fingerprint density at radius 3 is 1.58 bits per heavy atom. The van der Waals surface area contributed by atoms with Gasteiger partial charge in [0.2, 0.25) is 0 Å². The maximum Gasteiger partial charge on any atom is 0.472 e. The van der Waals surface area contributed by atoms with E-state index in [9.17, 15) is 39.8 Å². The molecular formula is C44H81O12P. The predicted octanol–water partition coefficient (Wildman–Crippen LogP) is 8.70. The van der Waals surface area contributed by atoms with Crippen LogP contribution in [0.1, 0.15) is 174 Å². The second-order valence-electron chi connectivity index (χ2n) is 15.5. The Kier molecular flexibility index (Phi) is 33.2. The summed E-state index contributed by atoms with van der Waals surface area (Å²) in [5.74, 6) is -0.481. The van der Waals surface area contributed by atoms with E-state index in [2.05, 4.69) is 50.3 Å². The molecule has 0 aromatic rings. The highest BCUT2D eigenvalue weighted by Gasteiger charge is 2.51. The van der Waals surface area contributed by atoms with Gasteiger partial charge in [-0.15, -0.1) is 0 Å². The molecule has 0 spiro atoms. The first-order valence-corrected chi connectivity index (χ1v) is 23.8. The van der Waals surface area contributed by atoms with Crippen molar-refractivity contribution in [3.63, 3.8) is 0 Å². The van der Waals surface area contributed by atoms with Crippen molar-refractivity contribution in [2.45, 2.75) is 217 Å². The summed E-state index contributed by atoms with van der Waals surface area (Å²) in [7, 11) is -5.01. The molecule has 0 saturated heterocycles. The van der Waals surface area contributed by atoms with Gasteiger partial charge in [-0.1, -0.05) is 159 Å². The van der Waals surface area contributed by atoms with E-state index >= 15 is 0 Å². The zero-order valence-electron chi connectivity index (χ0n) is 35.4. The van der Waals surface area contributed by atoms with Crippen LogP contribution in [-0.4, -0.2) is 98.9 Å². The van der Waals surface area contributed by atoms with Gasteiger partial charge in [-0.3, -0.25) is 13.8 Å². The molecule has 0 bridgehead atoms. The summed E-state index contributed by atoms with van der Waals surface area (Å²) < 4.78 is 34.1. The monoisotopic (exact) mass is 833 g/mol. The average molecular weight is 833 g/mol. The van der Waals surface area contributed by atoms with E-state index in [4.69, 9.17) is 18.5 Å². The summed E-state index contributed by atoms with van der Waals surface area (Å²) in [6.45, 7) is 4.12. The fourth-order valence-corrected chi connectivity index (χ4v) is 7.70. The molecule has 0 aromatic carbocycles. The van der Waals surface area contributed by atoms with E-state index < -0.39 is 63.1 Å². The van der Waals surface area contributed by atoms with Crippen molar-refractivity contribution in [3.8, 4) is 0 Å². The molecular weight excluding hydrogens is 751 g/mol. The Morgan fingerprint density at radius 2 is 1.04 bits per heavy atom. The highest BCUT2D eigenvalue weighted by Crippen LogP contribution is 2.47. The van der Waals surface area contributed by atoms with Gasteiger partial charge in [0, 0.05) is 13.0 Å². The Hall–Kier alpha value is -1.44. The molecule has 12 nitrogen and oxygen atoms in total. The van der Waals surface area contributed by atoms with Crippen molar-refractivity contribution >= 4 is 13.8 Å². The molecule has 0 heterocycles. The molecule has 0 aliphatic heterocycles. The number of unbranched alkanes of at least 4 members (excludes halogenated alkanes) is 19. The number of aliphatic hydroxyl groups is 5. The standard InChI is InChI=1S/C44H81O12P/c1-3-5-7-9-11-13-15-17-18-19-20-21-22-24-26-28-30-32-34-53-35-37(55-38(45)33-31-29-27-25-23-16-14-12-10-8-6-4-2)36-54-57(51,52)56-44-42(49)40(47)39(46)41(48)43(44)50/h5,7,11,13,17-18,37,39-44,46-50H,3-4,6,8-10,12,14-16,19-36H2,1-2H3,(H,51,52)/b7-5-,13-11-,18-17-. The first-order chi connectivity index (χ1) is 27.5. The maximum atomic E-state index is 12.8. The number of phosphoric ester groups is 1. The van der Waals surface area contributed by atoms with Crippen molar-refractivity contribution in [2.75, 3.05) is 19.8 Å². The van der Waals surface area contributed by atoms with Crippen LogP contribution in [0.2, 0.25) is 0 Å². The number of phosphoric acid groups is 1. The number of aliphatic hydroxyl groups excluding tert-OH is 5. The number of ether oxygens (including phenoxy) is 2. The van der Waals surface area contributed by atoms with Crippen LogP contribution in [-0.2, 0) is 27.9 Å². The van der Waals surface area contributed by atoms with Gasteiger partial charge < -0.3 is 39.9 Å². The van der Waals surface area contributed by atoms with E-state index in [1.807, 2.05) is 0 Å². The van der Waals surface area contributed by atoms with Gasteiger partial charge in [-0.05, 0) is 44.9 Å². The SMILES string of the molecule is CC/C=C\C/C=C\C/C=C\CCCCCCCCCCOCC(COP(=O)(O)OC1C(O)C(O)C(O)C(O)C1O)OC(=O)CCCCCCCCCCCCCC. The normalized spacial score (nSPS) is 23.2. The van der Waals surface area contributed by atoms with Gasteiger partial charge in [-0.2, -0.15) is 0 Å². The molecule has 6 N–H and O–H groups in total. The second-order valence-corrected chi connectivity index (χ2v) is 16.9. The van der Waals surface area contributed by atoms with Crippen LogP contribution in [0, 0.1) is 0 Å². The van der Waals surface area contributed by atoms with Crippen molar-refractivity contribution in [3.05, 3.63) is 36.5 Å². The molecule has 57 heavy (non-hydrogen) atoms. The van der Waals surface area contributed by atoms with Gasteiger partial charge in [0.25, 0.3) is 0 Å². The molecule has 334 valence electrons. The van der Waals surface area contributed by atoms with E-state index in [1.165, 1.54) is 77.0 Å². The zero-order valence-corrected chi connectivity index (χ0v) is 36.3. The van der Waals surface area contributed by atoms with Gasteiger partial charge in [0.05, 0.1) is 13.2 Å². The Bertz CT molecular complexity index is 1090. The molecule has 0 aromatic heterocycles. The Labute approximate surface area is 344 Å². The minimum absolute atomic E-state index is 0.0798. The molecule has 13 heteroatoms. The van der Waals surface area contributed by atoms with Gasteiger partial charge >= 0.3 is 13.8 Å². The first kappa shape index (κ1) is 53.6. The van der Waals surface area contributed by atoms with Crippen LogP contribution in [0.5, 0.6) is 0 Å². The summed E-state index contributed by atoms with van der Waals surface area (Å²) in [5.41, 5.74) is 0. The third kappa shape index (κ3) is 27.9. The largest absolute Gasteiger partial charge is 0.472 e. The molecule has 1 aliphatic carbocycles. The van der Waals surface area contributed by atoms with E-state index in [0.29, 0.717) is 13.0 Å². The lowest BCUT2D eigenvalue weighted by molar-refractivity contribution is -0.220. The average Bonchev–Trinajstić information content (AvgIpc) is 3.19. The number of allylic oxidation sites excluding steroid dienone is 6. The lowest BCUT2D eigenvalue weighted by Crippen LogP contribution is -2.64.